The van der Waals surface area contributed by atoms with Gasteiger partial charge in [0.1, 0.15) is 5.01 Å². The Morgan fingerprint density at radius 1 is 1.15 bits per heavy atom. The van der Waals surface area contributed by atoms with Gasteiger partial charge in [-0.05, 0) is 31.5 Å². The normalized spacial score (nSPS) is 11.9. The third kappa shape index (κ3) is 4.71. The lowest BCUT2D eigenvalue weighted by molar-refractivity contribution is -0.124. The molecule has 0 radical (unpaired) electrons. The summed E-state index contributed by atoms with van der Waals surface area (Å²) < 4.78 is 6.29. The van der Waals surface area contributed by atoms with Gasteiger partial charge in [-0.3, -0.25) is 4.79 Å². The molecule has 27 heavy (non-hydrogen) atoms. The lowest BCUT2D eigenvalue weighted by Gasteiger charge is -2.13. The van der Waals surface area contributed by atoms with Gasteiger partial charge in [0.25, 0.3) is 5.91 Å². The fourth-order valence-corrected chi connectivity index (χ4v) is 3.87. The van der Waals surface area contributed by atoms with Crippen LogP contribution in [0.15, 0.2) is 48.5 Å². The Bertz CT molecular complexity index is 918. The van der Waals surface area contributed by atoms with E-state index in [-0.39, 0.29) is 18.6 Å². The van der Waals surface area contributed by atoms with Crippen molar-refractivity contribution < 1.29 is 14.3 Å². The number of fused-ring (bicyclic) bond motifs is 1. The van der Waals surface area contributed by atoms with Crippen molar-refractivity contribution in [1.29, 1.82) is 0 Å². The van der Waals surface area contributed by atoms with Crippen LogP contribution < -0.4 is 5.32 Å². The maximum atomic E-state index is 12.5. The maximum absolute atomic E-state index is 12.5. The molecule has 0 saturated carbocycles. The van der Waals surface area contributed by atoms with Crippen LogP contribution in [0.3, 0.4) is 0 Å². The van der Waals surface area contributed by atoms with Crippen molar-refractivity contribution in [2.45, 2.75) is 32.7 Å². The summed E-state index contributed by atoms with van der Waals surface area (Å²) in [5.41, 5.74) is 2.01. The number of hydrogen-bond acceptors (Lipinski definition) is 5. The van der Waals surface area contributed by atoms with Crippen molar-refractivity contribution in [2.24, 2.45) is 0 Å². The first kappa shape index (κ1) is 19.0. The summed E-state index contributed by atoms with van der Waals surface area (Å²) >= 11 is 1.52. The number of amides is 1. The smallest absolute Gasteiger partial charge is 0.339 e. The van der Waals surface area contributed by atoms with Gasteiger partial charge >= 0.3 is 5.97 Å². The van der Waals surface area contributed by atoms with E-state index < -0.39 is 5.97 Å². The van der Waals surface area contributed by atoms with Crippen LogP contribution in [0.25, 0.3) is 20.8 Å². The van der Waals surface area contributed by atoms with E-state index in [9.17, 15) is 9.59 Å². The zero-order chi connectivity index (χ0) is 19.2. The lowest BCUT2D eigenvalue weighted by Crippen LogP contribution is -2.35. The van der Waals surface area contributed by atoms with Crippen molar-refractivity contribution in [3.63, 3.8) is 0 Å². The average molecular weight is 382 g/mol. The number of thiazole rings is 1. The Kier molecular flexibility index (Phi) is 6.19. The standard InChI is InChI=1S/C21H22N2O3S/c1-3-8-14(2)22-19(24)13-26-21(25)16-10-5-4-9-15(16)20-23-17-11-6-7-12-18(17)27-20/h4-7,9-12,14H,3,8,13H2,1-2H3,(H,22,24)/t14-/m0/s1. The molecule has 0 unspecified atom stereocenters. The van der Waals surface area contributed by atoms with Gasteiger partial charge < -0.3 is 10.1 Å². The van der Waals surface area contributed by atoms with Gasteiger partial charge in [-0.2, -0.15) is 0 Å². The topological polar surface area (TPSA) is 68.3 Å². The van der Waals surface area contributed by atoms with Crippen molar-refractivity contribution >= 4 is 33.4 Å². The number of hydrogen-bond donors (Lipinski definition) is 1. The second-order valence-corrected chi connectivity index (χ2v) is 7.40. The molecule has 1 aromatic heterocycles. The molecule has 1 amide bonds. The molecule has 1 atom stereocenters. The first-order valence-electron chi connectivity index (χ1n) is 9.00. The van der Waals surface area contributed by atoms with Crippen molar-refractivity contribution in [3.05, 3.63) is 54.1 Å². The highest BCUT2D eigenvalue weighted by Crippen LogP contribution is 2.32. The summed E-state index contributed by atoms with van der Waals surface area (Å²) in [6, 6.07) is 15.1. The molecule has 3 rings (SSSR count). The first-order chi connectivity index (χ1) is 13.1. The molecule has 0 saturated heterocycles. The SMILES string of the molecule is CCC[C@H](C)NC(=O)COC(=O)c1ccccc1-c1nc2ccccc2s1. The summed E-state index contributed by atoms with van der Waals surface area (Å²) in [6.45, 7) is 3.70. The van der Waals surface area contributed by atoms with Crippen molar-refractivity contribution in [1.82, 2.24) is 10.3 Å². The fraction of sp³-hybridized carbons (Fsp3) is 0.286. The molecule has 1 N–H and O–H groups in total. The molecule has 0 aliphatic carbocycles. The van der Waals surface area contributed by atoms with E-state index in [1.807, 2.05) is 43.3 Å². The molecule has 140 valence electrons. The molecule has 2 aromatic carbocycles. The minimum absolute atomic E-state index is 0.0660. The predicted octanol–water partition coefficient (Wildman–Crippen LogP) is 4.42. The van der Waals surface area contributed by atoms with E-state index in [1.165, 1.54) is 11.3 Å². The van der Waals surface area contributed by atoms with Crippen LogP contribution in [0.4, 0.5) is 0 Å². The van der Waals surface area contributed by atoms with Crippen LogP contribution in [0.5, 0.6) is 0 Å². The number of para-hydroxylation sites is 1. The Labute approximate surface area is 162 Å². The molecular weight excluding hydrogens is 360 g/mol. The number of carbonyl (C=O) groups excluding carboxylic acids is 2. The molecule has 0 spiro atoms. The van der Waals surface area contributed by atoms with Gasteiger partial charge in [0.05, 0.1) is 15.8 Å². The van der Waals surface area contributed by atoms with Crippen LogP contribution in [0.1, 0.15) is 37.0 Å². The number of rotatable bonds is 7. The highest BCUT2D eigenvalue weighted by atomic mass is 32.1. The minimum atomic E-state index is -0.525. The van der Waals surface area contributed by atoms with Crippen LogP contribution in [0, 0.1) is 0 Å². The molecule has 3 aromatic rings. The Morgan fingerprint density at radius 2 is 1.89 bits per heavy atom. The van der Waals surface area contributed by atoms with E-state index in [0.29, 0.717) is 11.1 Å². The van der Waals surface area contributed by atoms with E-state index in [0.717, 1.165) is 28.1 Å². The Balaban J connectivity index is 1.73. The number of ether oxygens (including phenoxy) is 1. The minimum Gasteiger partial charge on any atom is -0.452 e. The second kappa shape index (κ2) is 8.77. The van der Waals surface area contributed by atoms with E-state index in [4.69, 9.17) is 4.74 Å². The van der Waals surface area contributed by atoms with Crippen molar-refractivity contribution in [2.75, 3.05) is 6.61 Å². The number of aromatic nitrogens is 1. The second-order valence-electron chi connectivity index (χ2n) is 6.37. The fourth-order valence-electron chi connectivity index (χ4n) is 2.87. The molecule has 5 nitrogen and oxygen atoms in total. The summed E-state index contributed by atoms with van der Waals surface area (Å²) in [5, 5.41) is 3.58. The molecule has 0 aliphatic heterocycles. The van der Waals surface area contributed by atoms with Crippen molar-refractivity contribution in [3.8, 4) is 10.6 Å². The Morgan fingerprint density at radius 3 is 2.67 bits per heavy atom. The molecule has 0 bridgehead atoms. The van der Waals surface area contributed by atoms with Gasteiger partial charge in [-0.1, -0.05) is 43.7 Å². The summed E-state index contributed by atoms with van der Waals surface area (Å²) in [4.78, 5) is 29.1. The van der Waals surface area contributed by atoms with Crippen LogP contribution >= 0.6 is 11.3 Å². The maximum Gasteiger partial charge on any atom is 0.339 e. The van der Waals surface area contributed by atoms with E-state index >= 15 is 0 Å². The highest BCUT2D eigenvalue weighted by Gasteiger charge is 2.18. The van der Waals surface area contributed by atoms with E-state index in [2.05, 4.69) is 17.2 Å². The zero-order valence-corrected chi connectivity index (χ0v) is 16.2. The zero-order valence-electron chi connectivity index (χ0n) is 15.4. The van der Waals surface area contributed by atoms with Gasteiger partial charge in [0.2, 0.25) is 0 Å². The highest BCUT2D eigenvalue weighted by molar-refractivity contribution is 7.21. The van der Waals surface area contributed by atoms with Crippen LogP contribution in [-0.2, 0) is 9.53 Å². The molecular formula is C21H22N2O3S. The number of nitrogens with zero attached hydrogens (tertiary/aromatic N) is 1. The largest absolute Gasteiger partial charge is 0.452 e. The summed E-state index contributed by atoms with van der Waals surface area (Å²) in [5.74, 6) is -0.815. The molecule has 0 aliphatic rings. The summed E-state index contributed by atoms with van der Waals surface area (Å²) in [7, 11) is 0. The number of carbonyl (C=O) groups is 2. The monoisotopic (exact) mass is 382 g/mol. The predicted molar refractivity (Wildman–Crippen MR) is 108 cm³/mol. The van der Waals surface area contributed by atoms with Gasteiger partial charge in [-0.25, -0.2) is 9.78 Å². The van der Waals surface area contributed by atoms with Gasteiger partial charge in [0, 0.05) is 11.6 Å². The average Bonchev–Trinajstić information content (AvgIpc) is 3.10. The quantitative estimate of drug-likeness (QED) is 0.614. The first-order valence-corrected chi connectivity index (χ1v) is 9.81. The number of benzene rings is 2. The lowest BCUT2D eigenvalue weighted by atomic mass is 10.1. The third-order valence-corrected chi connectivity index (χ3v) is 5.20. The van der Waals surface area contributed by atoms with E-state index in [1.54, 1.807) is 12.1 Å². The third-order valence-electron chi connectivity index (χ3n) is 4.13. The number of esters is 1. The summed E-state index contributed by atoms with van der Waals surface area (Å²) in [6.07, 6.45) is 1.87. The van der Waals surface area contributed by atoms with Gasteiger partial charge in [-0.15, -0.1) is 11.3 Å². The molecule has 6 heteroatoms. The van der Waals surface area contributed by atoms with Crippen LogP contribution in [-0.4, -0.2) is 29.5 Å². The Hall–Kier alpha value is -2.73. The molecule has 1 heterocycles. The van der Waals surface area contributed by atoms with Gasteiger partial charge in [0.15, 0.2) is 6.61 Å². The van der Waals surface area contributed by atoms with Crippen LogP contribution in [0.2, 0.25) is 0 Å². The number of nitrogens with one attached hydrogen (secondary N) is 1. The molecule has 0 fully saturated rings.